The van der Waals surface area contributed by atoms with E-state index in [-0.39, 0.29) is 0 Å². The minimum absolute atomic E-state index is 0.536. The molecular formula is C13H14F2N2S. The van der Waals surface area contributed by atoms with Crippen LogP contribution >= 0.6 is 11.3 Å². The molecule has 0 radical (unpaired) electrons. The Balaban J connectivity index is 1.92. The number of hydrogen-bond acceptors (Lipinski definition) is 3. The summed E-state index contributed by atoms with van der Waals surface area (Å²) in [7, 11) is 0. The molecule has 0 aliphatic rings. The van der Waals surface area contributed by atoms with E-state index >= 15 is 0 Å². The number of benzene rings is 1. The number of hydrogen-bond donors (Lipinski definition) is 1. The van der Waals surface area contributed by atoms with Crippen LogP contribution in [0.3, 0.4) is 0 Å². The molecule has 1 aromatic carbocycles. The Morgan fingerprint density at radius 2 is 1.83 bits per heavy atom. The number of thiazole rings is 1. The van der Waals surface area contributed by atoms with Crippen LogP contribution in [0.15, 0.2) is 18.2 Å². The quantitative estimate of drug-likeness (QED) is 0.914. The van der Waals surface area contributed by atoms with E-state index in [1.807, 2.05) is 13.8 Å². The maximum atomic E-state index is 13.0. The first-order valence-corrected chi connectivity index (χ1v) is 6.49. The van der Waals surface area contributed by atoms with Gasteiger partial charge in [-0.3, -0.25) is 0 Å². The predicted molar refractivity (Wildman–Crippen MR) is 70.1 cm³/mol. The summed E-state index contributed by atoms with van der Waals surface area (Å²) in [6, 6.07) is 3.58. The van der Waals surface area contributed by atoms with Gasteiger partial charge in [-0.05, 0) is 38.0 Å². The van der Waals surface area contributed by atoms with Crippen molar-refractivity contribution in [1.29, 1.82) is 0 Å². The molecule has 0 aliphatic heterocycles. The van der Waals surface area contributed by atoms with E-state index in [0.29, 0.717) is 18.5 Å². The Morgan fingerprint density at radius 1 is 1.17 bits per heavy atom. The van der Waals surface area contributed by atoms with Crippen molar-refractivity contribution in [3.63, 3.8) is 0 Å². The van der Waals surface area contributed by atoms with E-state index in [1.165, 1.54) is 17.0 Å². The van der Waals surface area contributed by atoms with Crippen molar-refractivity contribution in [3.05, 3.63) is 46.0 Å². The highest BCUT2D eigenvalue weighted by Gasteiger charge is 2.04. The molecule has 0 saturated carbocycles. The highest BCUT2D eigenvalue weighted by Crippen LogP contribution is 2.21. The molecule has 2 rings (SSSR count). The molecule has 1 aromatic heterocycles. The number of nitrogens with one attached hydrogen (secondary N) is 1. The minimum Gasteiger partial charge on any atom is -0.361 e. The highest BCUT2D eigenvalue weighted by molar-refractivity contribution is 7.15. The smallest absolute Gasteiger partial charge is 0.183 e. The molecule has 0 amide bonds. The van der Waals surface area contributed by atoms with Gasteiger partial charge in [-0.2, -0.15) is 0 Å². The molecule has 96 valence electrons. The molecule has 2 aromatic rings. The van der Waals surface area contributed by atoms with E-state index in [4.69, 9.17) is 0 Å². The van der Waals surface area contributed by atoms with Gasteiger partial charge in [0.2, 0.25) is 0 Å². The van der Waals surface area contributed by atoms with E-state index in [1.54, 1.807) is 11.3 Å². The minimum atomic E-state index is -0.536. The Bertz CT molecular complexity index is 512. The largest absolute Gasteiger partial charge is 0.361 e. The summed E-state index contributed by atoms with van der Waals surface area (Å²) in [6.07, 6.45) is 0.562. The van der Waals surface area contributed by atoms with Crippen LogP contribution in [-0.2, 0) is 6.42 Å². The van der Waals surface area contributed by atoms with E-state index in [9.17, 15) is 8.78 Å². The van der Waals surface area contributed by atoms with Crippen LogP contribution in [-0.4, -0.2) is 11.5 Å². The zero-order valence-electron chi connectivity index (χ0n) is 10.3. The maximum absolute atomic E-state index is 13.0. The van der Waals surface area contributed by atoms with E-state index in [0.717, 1.165) is 16.9 Å². The van der Waals surface area contributed by atoms with E-state index < -0.39 is 11.6 Å². The molecule has 0 unspecified atom stereocenters. The second-order valence-electron chi connectivity index (χ2n) is 4.12. The lowest BCUT2D eigenvalue weighted by molar-refractivity contribution is 0.580. The Hall–Kier alpha value is -1.49. The van der Waals surface area contributed by atoms with Crippen molar-refractivity contribution in [2.75, 3.05) is 11.9 Å². The average Bonchev–Trinajstić information content (AvgIpc) is 2.57. The number of aromatic nitrogens is 1. The van der Waals surface area contributed by atoms with Gasteiger partial charge < -0.3 is 5.32 Å². The van der Waals surface area contributed by atoms with Gasteiger partial charge in [-0.25, -0.2) is 13.8 Å². The van der Waals surface area contributed by atoms with Gasteiger partial charge in [-0.1, -0.05) is 0 Å². The van der Waals surface area contributed by atoms with Crippen molar-refractivity contribution >= 4 is 16.5 Å². The van der Waals surface area contributed by atoms with Crippen LogP contribution in [0.4, 0.5) is 13.9 Å². The first-order chi connectivity index (χ1) is 8.54. The van der Waals surface area contributed by atoms with Gasteiger partial charge in [0, 0.05) is 17.5 Å². The zero-order chi connectivity index (χ0) is 13.1. The van der Waals surface area contributed by atoms with E-state index in [2.05, 4.69) is 10.3 Å². The summed E-state index contributed by atoms with van der Waals surface area (Å²) in [6.45, 7) is 4.58. The summed E-state index contributed by atoms with van der Waals surface area (Å²) in [5.74, 6) is -1.07. The van der Waals surface area contributed by atoms with Crippen molar-refractivity contribution in [2.45, 2.75) is 20.3 Å². The predicted octanol–water partition coefficient (Wildman–Crippen LogP) is 3.69. The molecule has 18 heavy (non-hydrogen) atoms. The van der Waals surface area contributed by atoms with Gasteiger partial charge in [0.25, 0.3) is 0 Å². The molecule has 1 N–H and O–H groups in total. The third kappa shape index (κ3) is 3.26. The van der Waals surface area contributed by atoms with Crippen molar-refractivity contribution < 1.29 is 8.78 Å². The Morgan fingerprint density at radius 3 is 2.39 bits per heavy atom. The van der Waals surface area contributed by atoms with Gasteiger partial charge in [-0.15, -0.1) is 11.3 Å². The molecule has 5 heteroatoms. The highest BCUT2D eigenvalue weighted by atomic mass is 32.1. The molecule has 0 saturated heterocycles. The monoisotopic (exact) mass is 268 g/mol. The lowest BCUT2D eigenvalue weighted by Gasteiger charge is -2.03. The molecule has 0 bridgehead atoms. The van der Waals surface area contributed by atoms with Gasteiger partial charge >= 0.3 is 0 Å². The maximum Gasteiger partial charge on any atom is 0.183 e. The first kappa shape index (κ1) is 13.0. The molecule has 0 spiro atoms. The number of aryl methyl sites for hydroxylation is 2. The average molecular weight is 268 g/mol. The topological polar surface area (TPSA) is 24.9 Å². The molecule has 0 fully saturated rings. The first-order valence-electron chi connectivity index (χ1n) is 5.67. The molecule has 0 atom stereocenters. The van der Waals surface area contributed by atoms with Crippen LogP contribution < -0.4 is 5.32 Å². The van der Waals surface area contributed by atoms with Crippen LogP contribution in [0, 0.1) is 25.5 Å². The third-order valence-corrected chi connectivity index (χ3v) is 3.67. The fourth-order valence-corrected chi connectivity index (χ4v) is 2.46. The summed E-state index contributed by atoms with van der Waals surface area (Å²) < 4.78 is 25.9. The SMILES string of the molecule is Cc1nc(NCCc2cc(F)cc(F)c2)sc1C. The summed E-state index contributed by atoms with van der Waals surface area (Å²) in [4.78, 5) is 5.51. The number of rotatable bonds is 4. The lowest BCUT2D eigenvalue weighted by Crippen LogP contribution is -2.05. The van der Waals surface area contributed by atoms with Gasteiger partial charge in [0.05, 0.1) is 5.69 Å². The van der Waals surface area contributed by atoms with Crippen LogP contribution in [0.1, 0.15) is 16.1 Å². The summed E-state index contributed by atoms with van der Waals surface area (Å²) in [5, 5.41) is 4.01. The Kier molecular flexibility index (Phi) is 3.91. The van der Waals surface area contributed by atoms with Crippen LogP contribution in [0.2, 0.25) is 0 Å². The zero-order valence-corrected chi connectivity index (χ0v) is 11.1. The van der Waals surface area contributed by atoms with Crippen LogP contribution in [0.25, 0.3) is 0 Å². The fraction of sp³-hybridized carbons (Fsp3) is 0.308. The molecule has 2 nitrogen and oxygen atoms in total. The summed E-state index contributed by atoms with van der Waals surface area (Å²) in [5.41, 5.74) is 1.66. The molecular weight excluding hydrogens is 254 g/mol. The number of nitrogens with zero attached hydrogens (tertiary/aromatic N) is 1. The van der Waals surface area contributed by atoms with Crippen molar-refractivity contribution in [2.24, 2.45) is 0 Å². The lowest BCUT2D eigenvalue weighted by atomic mass is 10.1. The third-order valence-electron chi connectivity index (χ3n) is 2.64. The van der Waals surface area contributed by atoms with Gasteiger partial charge in [0.15, 0.2) is 5.13 Å². The molecule has 1 heterocycles. The normalized spacial score (nSPS) is 10.7. The standard InChI is InChI=1S/C13H14F2N2S/c1-8-9(2)18-13(17-8)16-4-3-10-5-11(14)7-12(15)6-10/h5-7H,3-4H2,1-2H3,(H,16,17). The van der Waals surface area contributed by atoms with Crippen molar-refractivity contribution in [3.8, 4) is 0 Å². The Labute approximate surface area is 109 Å². The number of halogens is 2. The number of anilines is 1. The summed E-state index contributed by atoms with van der Waals surface area (Å²) >= 11 is 1.59. The second kappa shape index (κ2) is 5.44. The fourth-order valence-electron chi connectivity index (χ4n) is 1.62. The van der Waals surface area contributed by atoms with Gasteiger partial charge in [0.1, 0.15) is 11.6 Å². The second-order valence-corrected chi connectivity index (χ2v) is 5.32. The van der Waals surface area contributed by atoms with Crippen molar-refractivity contribution in [1.82, 2.24) is 4.98 Å². The molecule has 0 aliphatic carbocycles. The van der Waals surface area contributed by atoms with Crippen LogP contribution in [0.5, 0.6) is 0 Å².